The highest BCUT2D eigenvalue weighted by atomic mass is 16.4. The minimum Gasteiger partial charge on any atom is -0.394 e. The first kappa shape index (κ1) is 19.0. The summed E-state index contributed by atoms with van der Waals surface area (Å²) in [6.45, 7) is 2.41. The normalized spacial score (nSPS) is 15.5. The monoisotopic (exact) mass is 311 g/mol. The third-order valence-corrected chi connectivity index (χ3v) is 3.84. The fraction of sp³-hybridized carbons (Fsp3) is 0.750. The van der Waals surface area contributed by atoms with Crippen LogP contribution < -0.4 is 5.73 Å². The van der Waals surface area contributed by atoms with Gasteiger partial charge in [-0.2, -0.15) is 0 Å². The molecule has 0 bridgehead atoms. The van der Waals surface area contributed by atoms with Crippen LogP contribution in [0.1, 0.15) is 56.3 Å². The number of rotatable bonds is 11. The van der Waals surface area contributed by atoms with Gasteiger partial charge in [-0.1, -0.05) is 19.8 Å². The van der Waals surface area contributed by atoms with Crippen LogP contribution >= 0.6 is 0 Å². The molecule has 126 valence electrons. The molecule has 1 aromatic heterocycles. The molecule has 6 heteroatoms. The second-order valence-corrected chi connectivity index (χ2v) is 5.72. The molecule has 0 amide bonds. The Kier molecular flexibility index (Phi) is 9.15. The topological polar surface area (TPSA) is 112 Å². The molecule has 0 aromatic carbocycles. The van der Waals surface area contributed by atoms with Crippen molar-refractivity contribution in [3.63, 3.8) is 0 Å². The fourth-order valence-electron chi connectivity index (χ4n) is 2.48. The Bertz CT molecular complexity index is 400. The van der Waals surface area contributed by atoms with E-state index in [-0.39, 0.29) is 6.42 Å². The Balaban J connectivity index is 2.63. The first-order chi connectivity index (χ1) is 10.6. The Morgan fingerprint density at radius 3 is 2.41 bits per heavy atom. The van der Waals surface area contributed by atoms with E-state index in [1.54, 1.807) is 12.4 Å². The van der Waals surface area contributed by atoms with Crippen LogP contribution in [-0.4, -0.2) is 50.6 Å². The highest BCUT2D eigenvalue weighted by molar-refractivity contribution is 5.08. The zero-order valence-corrected chi connectivity index (χ0v) is 13.4. The van der Waals surface area contributed by atoms with Gasteiger partial charge in [0.05, 0.1) is 24.1 Å². The minimum absolute atomic E-state index is 0.181. The average molecular weight is 311 g/mol. The molecule has 22 heavy (non-hydrogen) atoms. The molecule has 6 nitrogen and oxygen atoms in total. The van der Waals surface area contributed by atoms with Gasteiger partial charge in [-0.25, -0.2) is 0 Å². The largest absolute Gasteiger partial charge is 0.394 e. The van der Waals surface area contributed by atoms with Gasteiger partial charge in [-0.15, -0.1) is 0 Å². The van der Waals surface area contributed by atoms with E-state index < -0.39 is 18.8 Å². The smallest absolute Gasteiger partial charge is 0.103 e. The molecule has 1 rings (SSSR count). The van der Waals surface area contributed by atoms with E-state index in [0.29, 0.717) is 18.2 Å². The summed E-state index contributed by atoms with van der Waals surface area (Å²) in [7, 11) is 0. The predicted molar refractivity (Wildman–Crippen MR) is 85.4 cm³/mol. The zero-order valence-electron chi connectivity index (χ0n) is 13.4. The number of aliphatic hydroxyl groups is 3. The molecule has 0 aliphatic heterocycles. The van der Waals surface area contributed by atoms with Gasteiger partial charge in [-0.3, -0.25) is 9.97 Å². The highest BCUT2D eigenvalue weighted by Gasteiger charge is 2.17. The van der Waals surface area contributed by atoms with E-state index in [2.05, 4.69) is 16.9 Å². The molecule has 1 heterocycles. The molecule has 0 aliphatic carbocycles. The summed E-state index contributed by atoms with van der Waals surface area (Å²) in [4.78, 5) is 8.79. The lowest BCUT2D eigenvalue weighted by Crippen LogP contribution is -2.31. The van der Waals surface area contributed by atoms with E-state index in [0.717, 1.165) is 37.8 Å². The van der Waals surface area contributed by atoms with Gasteiger partial charge in [0.15, 0.2) is 0 Å². The number of hydrogen-bond donors (Lipinski definition) is 4. The van der Waals surface area contributed by atoms with Crippen molar-refractivity contribution in [3.05, 3.63) is 23.8 Å². The number of unbranched alkanes of at least 4 members (excludes halogenated alkanes) is 1. The van der Waals surface area contributed by atoms with E-state index in [1.165, 1.54) is 0 Å². The number of nitrogens with two attached hydrogens (primary N) is 1. The maximum absolute atomic E-state index is 9.69. The van der Waals surface area contributed by atoms with Crippen molar-refractivity contribution in [2.24, 2.45) is 5.73 Å². The quantitative estimate of drug-likeness (QED) is 0.449. The maximum atomic E-state index is 9.69. The molecule has 0 radical (unpaired) electrons. The van der Waals surface area contributed by atoms with Crippen LogP contribution in [0.15, 0.2) is 12.4 Å². The molecule has 1 unspecified atom stereocenters. The Morgan fingerprint density at radius 2 is 1.86 bits per heavy atom. The Labute approximate surface area is 132 Å². The highest BCUT2D eigenvalue weighted by Crippen LogP contribution is 2.25. The average Bonchev–Trinajstić information content (AvgIpc) is 2.54. The lowest BCUT2D eigenvalue weighted by molar-refractivity contribution is -0.0137. The molecule has 0 fully saturated rings. The molecular formula is C16H29N3O3. The minimum atomic E-state index is -1.15. The standard InChI is InChI=1S/C16H29N3O3/c1-2-5-12(6-3-4-7-17)14-10-18-13(9-19-14)8-15(21)16(22)11-20/h9-10,12,15-16,20-22H,2-8,11,17H2,1H3/t12?,15-,16-/m0/s1. The number of aliphatic hydroxyl groups excluding tert-OH is 3. The summed E-state index contributed by atoms with van der Waals surface area (Å²) in [5.41, 5.74) is 7.12. The lowest BCUT2D eigenvalue weighted by Gasteiger charge is -2.17. The van der Waals surface area contributed by atoms with Crippen molar-refractivity contribution in [2.45, 2.75) is 63.6 Å². The third kappa shape index (κ3) is 6.36. The number of nitrogens with zero attached hydrogens (tertiary/aromatic N) is 2. The van der Waals surface area contributed by atoms with Gasteiger partial charge >= 0.3 is 0 Å². The molecule has 1 aromatic rings. The van der Waals surface area contributed by atoms with Crippen molar-refractivity contribution < 1.29 is 15.3 Å². The molecule has 0 aliphatic rings. The molecule has 5 N–H and O–H groups in total. The third-order valence-electron chi connectivity index (χ3n) is 3.84. The molecule has 3 atom stereocenters. The van der Waals surface area contributed by atoms with E-state index in [1.807, 2.05) is 0 Å². The Morgan fingerprint density at radius 1 is 1.09 bits per heavy atom. The predicted octanol–water partition coefficient (Wildman–Crippen LogP) is 0.746. The van der Waals surface area contributed by atoms with Crippen LogP contribution in [0.3, 0.4) is 0 Å². The first-order valence-electron chi connectivity index (χ1n) is 8.10. The molecule has 0 spiro atoms. The van der Waals surface area contributed by atoms with Gasteiger partial charge in [0.1, 0.15) is 6.10 Å². The summed E-state index contributed by atoms with van der Waals surface area (Å²) in [5, 5.41) is 27.9. The number of aromatic nitrogens is 2. The molecule has 0 saturated carbocycles. The Hall–Kier alpha value is -1.08. The van der Waals surface area contributed by atoms with Crippen molar-refractivity contribution in [1.82, 2.24) is 9.97 Å². The first-order valence-corrected chi connectivity index (χ1v) is 8.10. The van der Waals surface area contributed by atoms with Crippen molar-refractivity contribution >= 4 is 0 Å². The van der Waals surface area contributed by atoms with Gasteiger partial charge < -0.3 is 21.1 Å². The van der Waals surface area contributed by atoms with Crippen LogP contribution in [-0.2, 0) is 6.42 Å². The molecular weight excluding hydrogens is 282 g/mol. The summed E-state index contributed by atoms with van der Waals surface area (Å²) < 4.78 is 0. The van der Waals surface area contributed by atoms with Gasteiger partial charge in [0.25, 0.3) is 0 Å². The number of hydrogen-bond acceptors (Lipinski definition) is 6. The van der Waals surface area contributed by atoms with Crippen molar-refractivity contribution in [3.8, 4) is 0 Å². The summed E-state index contributed by atoms with van der Waals surface area (Å²) in [5.74, 6) is 0.394. The SMILES string of the molecule is CCCC(CCCCN)c1cnc(C[C@H](O)[C@@H](O)CO)cn1. The van der Waals surface area contributed by atoms with Gasteiger partial charge in [-0.05, 0) is 25.8 Å². The zero-order chi connectivity index (χ0) is 16.4. The fourth-order valence-corrected chi connectivity index (χ4v) is 2.48. The van der Waals surface area contributed by atoms with Crippen molar-refractivity contribution in [1.29, 1.82) is 0 Å². The second kappa shape index (κ2) is 10.6. The van der Waals surface area contributed by atoms with Crippen molar-refractivity contribution in [2.75, 3.05) is 13.2 Å². The van der Waals surface area contributed by atoms with Gasteiger partial charge in [0.2, 0.25) is 0 Å². The van der Waals surface area contributed by atoms with E-state index in [4.69, 9.17) is 10.8 Å². The lowest BCUT2D eigenvalue weighted by atomic mass is 9.94. The van der Waals surface area contributed by atoms with Gasteiger partial charge in [0, 0.05) is 24.7 Å². The maximum Gasteiger partial charge on any atom is 0.103 e. The summed E-state index contributed by atoms with van der Waals surface area (Å²) >= 11 is 0. The van der Waals surface area contributed by atoms with Crippen LogP contribution in [0.5, 0.6) is 0 Å². The summed E-state index contributed by atoms with van der Waals surface area (Å²) in [6, 6.07) is 0. The van der Waals surface area contributed by atoms with E-state index in [9.17, 15) is 10.2 Å². The summed E-state index contributed by atoms with van der Waals surface area (Å²) in [6.07, 6.45) is 6.76. The van der Waals surface area contributed by atoms with Crippen LogP contribution in [0.25, 0.3) is 0 Å². The second-order valence-electron chi connectivity index (χ2n) is 5.72. The van der Waals surface area contributed by atoms with Crippen LogP contribution in [0.4, 0.5) is 0 Å². The van der Waals surface area contributed by atoms with Crippen LogP contribution in [0.2, 0.25) is 0 Å². The van der Waals surface area contributed by atoms with Crippen LogP contribution in [0, 0.1) is 0 Å². The molecule has 0 saturated heterocycles. The van der Waals surface area contributed by atoms with E-state index >= 15 is 0 Å².